The number of hydrogen-bond acceptors (Lipinski definition) is 3. The van der Waals surface area contributed by atoms with Gasteiger partial charge < -0.3 is 11.5 Å². The summed E-state index contributed by atoms with van der Waals surface area (Å²) in [6, 6.07) is 7.30. The number of nitrogens with zero attached hydrogens (tertiary/aromatic N) is 1. The van der Waals surface area contributed by atoms with E-state index >= 15 is 0 Å². The van der Waals surface area contributed by atoms with E-state index in [4.69, 9.17) is 16.7 Å². The maximum absolute atomic E-state index is 8.66. The Kier molecular flexibility index (Phi) is 2.20. The predicted molar refractivity (Wildman–Crippen MR) is 49.3 cm³/mol. The molecule has 0 aliphatic rings. The van der Waals surface area contributed by atoms with E-state index in [1.165, 1.54) is 0 Å². The monoisotopic (exact) mass is 161 g/mol. The van der Waals surface area contributed by atoms with Gasteiger partial charge in [-0.3, -0.25) is 0 Å². The molecule has 0 aliphatic carbocycles. The van der Waals surface area contributed by atoms with Gasteiger partial charge in [-0.05, 0) is 30.7 Å². The molecule has 0 heterocycles. The van der Waals surface area contributed by atoms with E-state index in [2.05, 4.69) is 6.07 Å². The van der Waals surface area contributed by atoms with Gasteiger partial charge in [0.1, 0.15) is 0 Å². The van der Waals surface area contributed by atoms with E-state index < -0.39 is 0 Å². The van der Waals surface area contributed by atoms with Crippen LogP contribution in [0, 0.1) is 11.3 Å². The number of nitrogen functional groups attached to an aromatic ring is 2. The fraction of sp³-hybridized carbons (Fsp3) is 0.222. The smallest absolute Gasteiger partial charge is 0.0705 e. The highest BCUT2D eigenvalue weighted by molar-refractivity contribution is 5.57. The molecule has 0 aromatic heterocycles. The van der Waals surface area contributed by atoms with Gasteiger partial charge in [-0.25, -0.2) is 0 Å². The second-order valence-corrected chi connectivity index (χ2v) is 2.74. The van der Waals surface area contributed by atoms with Crippen molar-refractivity contribution in [1.29, 1.82) is 5.26 Å². The molecule has 4 N–H and O–H groups in total. The van der Waals surface area contributed by atoms with Gasteiger partial charge in [-0.1, -0.05) is 0 Å². The minimum Gasteiger partial charge on any atom is -0.399 e. The van der Waals surface area contributed by atoms with Crippen molar-refractivity contribution in [3.05, 3.63) is 23.8 Å². The van der Waals surface area contributed by atoms with E-state index in [0.717, 1.165) is 5.56 Å². The molecular formula is C9H11N3. The summed E-state index contributed by atoms with van der Waals surface area (Å²) < 4.78 is 0. The quantitative estimate of drug-likeness (QED) is 0.612. The molecule has 3 nitrogen and oxygen atoms in total. The second-order valence-electron chi connectivity index (χ2n) is 2.74. The molecule has 0 fully saturated rings. The molecule has 0 saturated heterocycles. The van der Waals surface area contributed by atoms with E-state index in [0.29, 0.717) is 11.4 Å². The van der Waals surface area contributed by atoms with Gasteiger partial charge >= 0.3 is 0 Å². The number of anilines is 2. The average molecular weight is 161 g/mol. The first-order valence-corrected chi connectivity index (χ1v) is 3.69. The van der Waals surface area contributed by atoms with Crippen LogP contribution >= 0.6 is 0 Å². The van der Waals surface area contributed by atoms with Crippen LogP contribution in [0.15, 0.2) is 18.2 Å². The lowest BCUT2D eigenvalue weighted by Crippen LogP contribution is -1.98. The SMILES string of the molecule is CC(C#N)c1cc(N)ccc1N. The van der Waals surface area contributed by atoms with Crippen LogP contribution in [0.4, 0.5) is 11.4 Å². The van der Waals surface area contributed by atoms with Gasteiger partial charge in [0, 0.05) is 11.4 Å². The maximum Gasteiger partial charge on any atom is 0.0705 e. The highest BCUT2D eigenvalue weighted by atomic mass is 14.6. The van der Waals surface area contributed by atoms with Gasteiger partial charge in [-0.15, -0.1) is 0 Å². The molecule has 0 bridgehead atoms. The number of rotatable bonds is 1. The molecule has 1 rings (SSSR count). The lowest BCUT2D eigenvalue weighted by molar-refractivity contribution is 0.986. The maximum atomic E-state index is 8.66. The minimum atomic E-state index is -0.200. The Balaban J connectivity index is 3.15. The number of benzene rings is 1. The molecule has 0 saturated carbocycles. The van der Waals surface area contributed by atoms with Gasteiger partial charge in [0.05, 0.1) is 12.0 Å². The molecule has 3 heteroatoms. The van der Waals surface area contributed by atoms with Crippen molar-refractivity contribution in [2.45, 2.75) is 12.8 Å². The molecule has 1 unspecified atom stereocenters. The van der Waals surface area contributed by atoms with Crippen LogP contribution in [0.5, 0.6) is 0 Å². The summed E-state index contributed by atoms with van der Waals surface area (Å²) in [5, 5.41) is 8.66. The molecular weight excluding hydrogens is 150 g/mol. The molecule has 1 aromatic rings. The van der Waals surface area contributed by atoms with Gasteiger partial charge in [0.15, 0.2) is 0 Å². The third-order valence-corrected chi connectivity index (χ3v) is 1.77. The average Bonchev–Trinajstić information content (AvgIpc) is 2.08. The van der Waals surface area contributed by atoms with Crippen LogP contribution in [0.25, 0.3) is 0 Å². The Morgan fingerprint density at radius 2 is 2.08 bits per heavy atom. The van der Waals surface area contributed by atoms with Gasteiger partial charge in [0.25, 0.3) is 0 Å². The highest BCUT2D eigenvalue weighted by Gasteiger charge is 2.07. The normalized spacial score (nSPS) is 12.0. The van der Waals surface area contributed by atoms with Gasteiger partial charge in [0.2, 0.25) is 0 Å². The van der Waals surface area contributed by atoms with E-state index in [9.17, 15) is 0 Å². The van der Waals surface area contributed by atoms with E-state index in [-0.39, 0.29) is 5.92 Å². The second kappa shape index (κ2) is 3.14. The summed E-state index contributed by atoms with van der Waals surface area (Å²) in [6.45, 7) is 1.80. The van der Waals surface area contributed by atoms with Crippen molar-refractivity contribution in [2.24, 2.45) is 0 Å². The lowest BCUT2D eigenvalue weighted by atomic mass is 10.0. The Bertz CT molecular complexity index is 325. The van der Waals surface area contributed by atoms with E-state index in [1.54, 1.807) is 25.1 Å². The molecule has 0 spiro atoms. The molecule has 1 atom stereocenters. The van der Waals surface area contributed by atoms with Crippen LogP contribution in [0.2, 0.25) is 0 Å². The van der Waals surface area contributed by atoms with Crippen molar-refractivity contribution in [3.8, 4) is 6.07 Å². The standard InChI is InChI=1S/C9H11N3/c1-6(5-10)8-4-7(11)2-3-9(8)12/h2-4,6H,11-12H2,1H3. The molecule has 62 valence electrons. The van der Waals surface area contributed by atoms with Crippen molar-refractivity contribution in [1.82, 2.24) is 0 Å². The Labute approximate surface area is 71.6 Å². The zero-order valence-corrected chi connectivity index (χ0v) is 6.91. The van der Waals surface area contributed by atoms with Crippen molar-refractivity contribution >= 4 is 11.4 Å². The van der Waals surface area contributed by atoms with Crippen molar-refractivity contribution < 1.29 is 0 Å². The Morgan fingerprint density at radius 1 is 1.42 bits per heavy atom. The first-order chi connectivity index (χ1) is 5.65. The molecule has 1 aromatic carbocycles. The van der Waals surface area contributed by atoms with Gasteiger partial charge in [-0.2, -0.15) is 5.26 Å². The summed E-state index contributed by atoms with van der Waals surface area (Å²) in [5.74, 6) is -0.200. The fourth-order valence-electron chi connectivity index (χ4n) is 1.04. The zero-order valence-electron chi connectivity index (χ0n) is 6.91. The number of nitrogens with two attached hydrogens (primary N) is 2. The Hall–Kier alpha value is -1.69. The Morgan fingerprint density at radius 3 is 2.67 bits per heavy atom. The highest BCUT2D eigenvalue weighted by Crippen LogP contribution is 2.23. The minimum absolute atomic E-state index is 0.200. The summed E-state index contributed by atoms with van der Waals surface area (Å²) in [6.07, 6.45) is 0. The first kappa shape index (κ1) is 8.41. The largest absolute Gasteiger partial charge is 0.399 e. The molecule has 0 amide bonds. The number of nitriles is 1. The molecule has 12 heavy (non-hydrogen) atoms. The molecule has 0 aliphatic heterocycles. The van der Waals surface area contributed by atoms with Crippen LogP contribution in [-0.4, -0.2) is 0 Å². The fourth-order valence-corrected chi connectivity index (χ4v) is 1.04. The third kappa shape index (κ3) is 1.48. The number of hydrogen-bond donors (Lipinski definition) is 2. The zero-order chi connectivity index (χ0) is 9.14. The van der Waals surface area contributed by atoms with Crippen molar-refractivity contribution in [2.75, 3.05) is 11.5 Å². The first-order valence-electron chi connectivity index (χ1n) is 3.69. The summed E-state index contributed by atoms with van der Waals surface area (Å²) in [5.41, 5.74) is 13.3. The third-order valence-electron chi connectivity index (χ3n) is 1.77. The van der Waals surface area contributed by atoms with Crippen LogP contribution in [0.3, 0.4) is 0 Å². The molecule has 0 radical (unpaired) electrons. The topological polar surface area (TPSA) is 75.8 Å². The summed E-state index contributed by atoms with van der Waals surface area (Å²) in [7, 11) is 0. The van der Waals surface area contributed by atoms with Crippen LogP contribution in [-0.2, 0) is 0 Å². The van der Waals surface area contributed by atoms with Crippen LogP contribution < -0.4 is 11.5 Å². The summed E-state index contributed by atoms with van der Waals surface area (Å²) >= 11 is 0. The van der Waals surface area contributed by atoms with Crippen molar-refractivity contribution in [3.63, 3.8) is 0 Å². The van der Waals surface area contributed by atoms with E-state index in [1.807, 2.05) is 0 Å². The predicted octanol–water partition coefficient (Wildman–Crippen LogP) is 1.48. The van der Waals surface area contributed by atoms with Crippen LogP contribution in [0.1, 0.15) is 18.4 Å². The summed E-state index contributed by atoms with van der Waals surface area (Å²) in [4.78, 5) is 0. The lowest BCUT2D eigenvalue weighted by Gasteiger charge is -2.07.